The maximum atomic E-state index is 13.5. The standard InChI is InChI=1S/C18H13F4NO/c19-14-9-10-16-13(11-14)7-4-8-15(12-5-2-1-3-6-12)23(16)17(24)18(20,21)22/h1-6,8-11,15H,7H2/t15-/m0/s1. The fraction of sp³-hybridized carbons (Fsp3) is 0.167. The first kappa shape index (κ1) is 16.2. The fourth-order valence-electron chi connectivity index (χ4n) is 2.80. The molecule has 0 bridgehead atoms. The molecule has 124 valence electrons. The number of benzene rings is 2. The average Bonchev–Trinajstić information content (AvgIpc) is 2.73. The number of rotatable bonds is 1. The SMILES string of the molecule is O=C(N1c2ccc(F)cc2CC=C[C@H]1c1ccccc1)C(F)(F)F. The van der Waals surface area contributed by atoms with Gasteiger partial charge in [-0.25, -0.2) is 4.39 Å². The molecule has 0 saturated carbocycles. The highest BCUT2D eigenvalue weighted by molar-refractivity contribution is 5.99. The Kier molecular flexibility index (Phi) is 4.13. The van der Waals surface area contributed by atoms with Crippen LogP contribution in [-0.4, -0.2) is 12.1 Å². The van der Waals surface area contributed by atoms with Crippen LogP contribution in [0.4, 0.5) is 23.2 Å². The third-order valence-corrected chi connectivity index (χ3v) is 3.84. The number of hydrogen-bond acceptors (Lipinski definition) is 1. The van der Waals surface area contributed by atoms with E-state index in [1.165, 1.54) is 12.1 Å². The lowest BCUT2D eigenvalue weighted by atomic mass is 10.0. The second-order valence-corrected chi connectivity index (χ2v) is 5.43. The predicted octanol–water partition coefficient (Wildman–Crippen LogP) is 4.57. The molecule has 0 spiro atoms. The molecule has 6 heteroatoms. The van der Waals surface area contributed by atoms with Crippen molar-refractivity contribution >= 4 is 11.6 Å². The lowest BCUT2D eigenvalue weighted by molar-refractivity contribution is -0.170. The van der Waals surface area contributed by atoms with Gasteiger partial charge in [-0.1, -0.05) is 42.5 Å². The first-order valence-corrected chi connectivity index (χ1v) is 7.28. The van der Waals surface area contributed by atoms with Gasteiger partial charge in [-0.3, -0.25) is 9.69 Å². The molecule has 0 N–H and O–H groups in total. The van der Waals surface area contributed by atoms with Crippen molar-refractivity contribution in [2.75, 3.05) is 4.90 Å². The molecule has 2 aromatic carbocycles. The van der Waals surface area contributed by atoms with Crippen LogP contribution in [0.5, 0.6) is 0 Å². The normalized spacial score (nSPS) is 17.3. The van der Waals surface area contributed by atoms with Gasteiger partial charge in [0.1, 0.15) is 5.82 Å². The van der Waals surface area contributed by atoms with Gasteiger partial charge in [-0.15, -0.1) is 0 Å². The Morgan fingerprint density at radius 3 is 2.46 bits per heavy atom. The van der Waals surface area contributed by atoms with Crippen molar-refractivity contribution in [3.63, 3.8) is 0 Å². The third-order valence-electron chi connectivity index (χ3n) is 3.84. The summed E-state index contributed by atoms with van der Waals surface area (Å²) in [4.78, 5) is 12.8. The summed E-state index contributed by atoms with van der Waals surface area (Å²) in [7, 11) is 0. The molecule has 2 nitrogen and oxygen atoms in total. The number of fused-ring (bicyclic) bond motifs is 1. The molecule has 3 rings (SSSR count). The summed E-state index contributed by atoms with van der Waals surface area (Å²) >= 11 is 0. The van der Waals surface area contributed by atoms with Crippen molar-refractivity contribution in [2.45, 2.75) is 18.6 Å². The Balaban J connectivity index is 2.18. The molecule has 1 aliphatic rings. The number of halogens is 4. The van der Waals surface area contributed by atoms with E-state index in [-0.39, 0.29) is 12.1 Å². The highest BCUT2D eigenvalue weighted by Crippen LogP contribution is 2.37. The lowest BCUT2D eigenvalue weighted by Crippen LogP contribution is -2.43. The van der Waals surface area contributed by atoms with Crippen molar-refractivity contribution in [1.29, 1.82) is 0 Å². The van der Waals surface area contributed by atoms with Crippen molar-refractivity contribution in [1.82, 2.24) is 0 Å². The van der Waals surface area contributed by atoms with Gasteiger partial charge in [0.2, 0.25) is 0 Å². The maximum Gasteiger partial charge on any atom is 0.471 e. The lowest BCUT2D eigenvalue weighted by Gasteiger charge is -2.31. The molecular formula is C18H13F4NO. The van der Waals surface area contributed by atoms with E-state index in [4.69, 9.17) is 0 Å². The summed E-state index contributed by atoms with van der Waals surface area (Å²) in [6, 6.07) is 11.0. The van der Waals surface area contributed by atoms with Gasteiger partial charge in [-0.2, -0.15) is 13.2 Å². The number of nitrogens with zero attached hydrogens (tertiary/aromatic N) is 1. The second kappa shape index (κ2) is 6.11. The van der Waals surface area contributed by atoms with Crippen molar-refractivity contribution in [3.05, 3.63) is 77.6 Å². The number of carbonyl (C=O) groups excluding carboxylic acids is 1. The summed E-state index contributed by atoms with van der Waals surface area (Å²) in [6.07, 6.45) is -1.59. The number of alkyl halides is 3. The van der Waals surface area contributed by atoms with Crippen LogP contribution in [0.1, 0.15) is 17.2 Å². The molecule has 1 heterocycles. The minimum Gasteiger partial charge on any atom is -0.293 e. The first-order chi connectivity index (χ1) is 11.4. The average molecular weight is 335 g/mol. The summed E-state index contributed by atoms with van der Waals surface area (Å²) < 4.78 is 52.9. The summed E-state index contributed by atoms with van der Waals surface area (Å²) in [6.45, 7) is 0. The molecule has 1 aliphatic heterocycles. The summed E-state index contributed by atoms with van der Waals surface area (Å²) in [5.41, 5.74) is 0.948. The molecular weight excluding hydrogens is 322 g/mol. The van der Waals surface area contributed by atoms with E-state index in [2.05, 4.69) is 0 Å². The van der Waals surface area contributed by atoms with Crippen molar-refractivity contribution < 1.29 is 22.4 Å². The molecule has 2 aromatic rings. The topological polar surface area (TPSA) is 20.3 Å². The van der Waals surface area contributed by atoms with E-state index in [9.17, 15) is 22.4 Å². The van der Waals surface area contributed by atoms with E-state index < -0.39 is 23.9 Å². The van der Waals surface area contributed by atoms with E-state index in [1.807, 2.05) is 0 Å². The first-order valence-electron chi connectivity index (χ1n) is 7.28. The molecule has 1 amide bonds. The summed E-state index contributed by atoms with van der Waals surface area (Å²) in [5.74, 6) is -2.53. The number of hydrogen-bond donors (Lipinski definition) is 0. The highest BCUT2D eigenvalue weighted by Gasteiger charge is 2.46. The Hall–Kier alpha value is -2.63. The van der Waals surface area contributed by atoms with Crippen LogP contribution in [0.25, 0.3) is 0 Å². The number of carbonyl (C=O) groups is 1. The van der Waals surface area contributed by atoms with E-state index in [1.54, 1.807) is 36.4 Å². The van der Waals surface area contributed by atoms with Gasteiger partial charge >= 0.3 is 12.1 Å². The monoisotopic (exact) mass is 335 g/mol. The van der Waals surface area contributed by atoms with Crippen LogP contribution in [0, 0.1) is 5.82 Å². The smallest absolute Gasteiger partial charge is 0.293 e. The predicted molar refractivity (Wildman–Crippen MR) is 82.0 cm³/mol. The van der Waals surface area contributed by atoms with Crippen LogP contribution >= 0.6 is 0 Å². The largest absolute Gasteiger partial charge is 0.471 e. The Labute approximate surface area is 136 Å². The number of allylic oxidation sites excluding steroid dienone is 1. The molecule has 0 fully saturated rings. The minimum atomic E-state index is -5.03. The maximum absolute atomic E-state index is 13.5. The van der Waals surface area contributed by atoms with Crippen LogP contribution in [0.15, 0.2) is 60.7 Å². The number of anilines is 1. The Morgan fingerprint density at radius 2 is 1.79 bits per heavy atom. The zero-order valence-corrected chi connectivity index (χ0v) is 12.4. The van der Waals surface area contributed by atoms with Gasteiger partial charge in [0.15, 0.2) is 0 Å². The number of amides is 1. The molecule has 0 aromatic heterocycles. The second-order valence-electron chi connectivity index (χ2n) is 5.43. The van der Waals surface area contributed by atoms with Crippen LogP contribution in [0.2, 0.25) is 0 Å². The van der Waals surface area contributed by atoms with Gasteiger partial charge in [-0.05, 0) is 35.7 Å². The van der Waals surface area contributed by atoms with Gasteiger partial charge in [0.25, 0.3) is 0 Å². The third kappa shape index (κ3) is 3.04. The fourth-order valence-corrected chi connectivity index (χ4v) is 2.80. The van der Waals surface area contributed by atoms with E-state index in [0.29, 0.717) is 16.0 Å². The van der Waals surface area contributed by atoms with Crippen molar-refractivity contribution in [2.24, 2.45) is 0 Å². The van der Waals surface area contributed by atoms with Crippen LogP contribution in [0.3, 0.4) is 0 Å². The molecule has 0 radical (unpaired) electrons. The van der Waals surface area contributed by atoms with Crippen LogP contribution < -0.4 is 4.90 Å². The van der Waals surface area contributed by atoms with Gasteiger partial charge in [0.05, 0.1) is 6.04 Å². The zero-order chi connectivity index (χ0) is 17.3. The minimum absolute atomic E-state index is 0.0672. The molecule has 0 unspecified atom stereocenters. The molecule has 24 heavy (non-hydrogen) atoms. The highest BCUT2D eigenvalue weighted by atomic mass is 19.4. The quantitative estimate of drug-likeness (QED) is 0.552. The van der Waals surface area contributed by atoms with E-state index in [0.717, 1.165) is 12.1 Å². The van der Waals surface area contributed by atoms with Gasteiger partial charge in [0, 0.05) is 5.69 Å². The zero-order valence-electron chi connectivity index (χ0n) is 12.4. The molecule has 1 atom stereocenters. The Morgan fingerprint density at radius 1 is 1.08 bits per heavy atom. The molecule has 0 aliphatic carbocycles. The summed E-state index contributed by atoms with van der Waals surface area (Å²) in [5, 5.41) is 0. The van der Waals surface area contributed by atoms with Crippen LogP contribution in [-0.2, 0) is 11.2 Å². The van der Waals surface area contributed by atoms with Crippen molar-refractivity contribution in [3.8, 4) is 0 Å². The molecule has 0 saturated heterocycles. The Bertz CT molecular complexity index is 783. The van der Waals surface area contributed by atoms with E-state index >= 15 is 0 Å². The van der Waals surface area contributed by atoms with Gasteiger partial charge < -0.3 is 0 Å².